The number of nitrogens with zero attached hydrogens (tertiary/aromatic N) is 6. The smallest absolute Gasteiger partial charge is 0.224 e. The molecule has 11 heteroatoms. The van der Waals surface area contributed by atoms with Crippen molar-refractivity contribution in [3.8, 4) is 0 Å². The Morgan fingerprint density at radius 2 is 2.26 bits per heavy atom. The number of piperazine rings is 1. The Morgan fingerprint density at radius 1 is 1.37 bits per heavy atom. The molecule has 0 aliphatic carbocycles. The first kappa shape index (κ1) is 18.1. The molecule has 0 amide bonds. The maximum absolute atomic E-state index is 12.0. The lowest BCUT2D eigenvalue weighted by Crippen LogP contribution is -2.57. The molecule has 4 heterocycles. The fraction of sp³-hybridized carbons (Fsp3) is 0.625. The summed E-state index contributed by atoms with van der Waals surface area (Å²) in [6.07, 6.45) is 4.42. The SMILES string of the molecule is CCCn1cnnc1CNc1nccc(N2CCN[C@@H]3CS(=O)(=O)C[C@@H]32)n1. The zero-order valence-corrected chi connectivity index (χ0v) is 16.1. The second kappa shape index (κ2) is 7.39. The van der Waals surface area contributed by atoms with Gasteiger partial charge in [-0.25, -0.2) is 13.4 Å². The van der Waals surface area contributed by atoms with Crippen LogP contribution in [0.15, 0.2) is 18.6 Å². The zero-order chi connectivity index (χ0) is 18.9. The van der Waals surface area contributed by atoms with Crippen molar-refractivity contribution in [3.05, 3.63) is 24.4 Å². The molecular formula is C16H24N8O2S. The van der Waals surface area contributed by atoms with E-state index >= 15 is 0 Å². The Hall–Kier alpha value is -2.27. The summed E-state index contributed by atoms with van der Waals surface area (Å²) in [6, 6.07) is 1.71. The molecule has 2 aliphatic heterocycles. The summed E-state index contributed by atoms with van der Waals surface area (Å²) >= 11 is 0. The molecule has 0 saturated carbocycles. The maximum Gasteiger partial charge on any atom is 0.224 e. The predicted octanol–water partition coefficient (Wildman–Crippen LogP) is -0.335. The minimum absolute atomic E-state index is 0.0391. The van der Waals surface area contributed by atoms with Crippen LogP contribution >= 0.6 is 0 Å². The van der Waals surface area contributed by atoms with E-state index in [9.17, 15) is 8.42 Å². The van der Waals surface area contributed by atoms with Gasteiger partial charge in [-0.2, -0.15) is 4.98 Å². The minimum atomic E-state index is -3.01. The van der Waals surface area contributed by atoms with E-state index in [1.807, 2.05) is 10.6 Å². The molecule has 0 aromatic carbocycles. The highest BCUT2D eigenvalue weighted by molar-refractivity contribution is 7.91. The third kappa shape index (κ3) is 3.88. The zero-order valence-electron chi connectivity index (χ0n) is 15.2. The Kier molecular flexibility index (Phi) is 4.96. The van der Waals surface area contributed by atoms with Gasteiger partial charge in [0.05, 0.1) is 24.1 Å². The highest BCUT2D eigenvalue weighted by Gasteiger charge is 2.43. The van der Waals surface area contributed by atoms with Gasteiger partial charge >= 0.3 is 0 Å². The van der Waals surface area contributed by atoms with Crippen molar-refractivity contribution in [1.82, 2.24) is 30.0 Å². The molecule has 2 N–H and O–H groups in total. The number of rotatable bonds is 6. The lowest BCUT2D eigenvalue weighted by Gasteiger charge is -2.38. The number of aryl methyl sites for hydroxylation is 1. The van der Waals surface area contributed by atoms with Crippen LogP contribution in [0.2, 0.25) is 0 Å². The van der Waals surface area contributed by atoms with Crippen LogP contribution in [0.4, 0.5) is 11.8 Å². The maximum atomic E-state index is 12.0. The Labute approximate surface area is 158 Å². The molecule has 0 unspecified atom stereocenters. The second-order valence-corrected chi connectivity index (χ2v) is 9.08. The molecule has 2 saturated heterocycles. The third-order valence-corrected chi connectivity index (χ3v) is 6.70. The Balaban J connectivity index is 1.48. The van der Waals surface area contributed by atoms with Crippen molar-refractivity contribution in [2.75, 3.05) is 34.8 Å². The van der Waals surface area contributed by atoms with Crippen LogP contribution in [-0.4, -0.2) is 69.8 Å². The largest absolute Gasteiger partial charge is 0.350 e. The van der Waals surface area contributed by atoms with E-state index in [1.165, 1.54) is 0 Å². The van der Waals surface area contributed by atoms with E-state index < -0.39 is 9.84 Å². The molecule has 2 aliphatic rings. The van der Waals surface area contributed by atoms with E-state index in [4.69, 9.17) is 0 Å². The van der Waals surface area contributed by atoms with Crippen molar-refractivity contribution in [3.63, 3.8) is 0 Å². The van der Waals surface area contributed by atoms with Gasteiger partial charge in [0.2, 0.25) is 5.95 Å². The summed E-state index contributed by atoms with van der Waals surface area (Å²) in [7, 11) is -3.01. The summed E-state index contributed by atoms with van der Waals surface area (Å²) in [5.41, 5.74) is 0. The lowest BCUT2D eigenvalue weighted by atomic mass is 10.1. The first-order valence-corrected chi connectivity index (χ1v) is 11.0. The van der Waals surface area contributed by atoms with Crippen molar-refractivity contribution >= 4 is 21.6 Å². The fourth-order valence-corrected chi connectivity index (χ4v) is 5.70. The highest BCUT2D eigenvalue weighted by Crippen LogP contribution is 2.26. The number of hydrogen-bond donors (Lipinski definition) is 2. The number of fused-ring (bicyclic) bond motifs is 1. The van der Waals surface area contributed by atoms with Gasteiger partial charge in [-0.15, -0.1) is 10.2 Å². The van der Waals surface area contributed by atoms with Crippen LogP contribution < -0.4 is 15.5 Å². The van der Waals surface area contributed by atoms with Gasteiger partial charge in [0.15, 0.2) is 15.7 Å². The molecule has 146 valence electrons. The van der Waals surface area contributed by atoms with Gasteiger partial charge in [0, 0.05) is 31.9 Å². The van der Waals surface area contributed by atoms with E-state index in [-0.39, 0.29) is 23.6 Å². The summed E-state index contributed by atoms with van der Waals surface area (Å²) in [5.74, 6) is 2.43. The molecule has 2 fully saturated rings. The number of anilines is 2. The van der Waals surface area contributed by atoms with E-state index in [0.717, 1.165) is 37.7 Å². The molecule has 27 heavy (non-hydrogen) atoms. The molecule has 2 aromatic rings. The van der Waals surface area contributed by atoms with Crippen LogP contribution in [0, 0.1) is 0 Å². The third-order valence-electron chi connectivity index (χ3n) is 4.98. The first-order chi connectivity index (χ1) is 13.1. The fourth-order valence-electron chi connectivity index (χ4n) is 3.75. The first-order valence-electron chi connectivity index (χ1n) is 9.20. The average Bonchev–Trinajstić information content (AvgIpc) is 3.22. The molecular weight excluding hydrogens is 368 g/mol. The normalized spacial score (nSPS) is 24.0. The Morgan fingerprint density at radius 3 is 3.11 bits per heavy atom. The molecule has 0 radical (unpaired) electrons. The van der Waals surface area contributed by atoms with Crippen molar-refractivity contribution in [2.45, 2.75) is 38.5 Å². The Bertz CT molecular complexity index is 899. The van der Waals surface area contributed by atoms with Crippen LogP contribution in [-0.2, 0) is 22.9 Å². The van der Waals surface area contributed by atoms with Crippen molar-refractivity contribution in [2.24, 2.45) is 0 Å². The summed E-state index contributed by atoms with van der Waals surface area (Å²) < 4.78 is 26.1. The number of aromatic nitrogens is 5. The topological polar surface area (TPSA) is 118 Å². The minimum Gasteiger partial charge on any atom is -0.350 e. The number of hydrogen-bond acceptors (Lipinski definition) is 9. The van der Waals surface area contributed by atoms with E-state index in [1.54, 1.807) is 12.5 Å². The predicted molar refractivity (Wildman–Crippen MR) is 101 cm³/mol. The van der Waals surface area contributed by atoms with Gasteiger partial charge in [-0.05, 0) is 12.5 Å². The van der Waals surface area contributed by atoms with Gasteiger partial charge < -0.3 is 20.1 Å². The monoisotopic (exact) mass is 392 g/mol. The van der Waals surface area contributed by atoms with Crippen molar-refractivity contribution < 1.29 is 8.42 Å². The van der Waals surface area contributed by atoms with Gasteiger partial charge in [-0.3, -0.25) is 0 Å². The molecule has 0 bridgehead atoms. The van der Waals surface area contributed by atoms with Crippen LogP contribution in [0.3, 0.4) is 0 Å². The second-order valence-electron chi connectivity index (χ2n) is 6.93. The van der Waals surface area contributed by atoms with Crippen molar-refractivity contribution in [1.29, 1.82) is 0 Å². The molecule has 4 rings (SSSR count). The van der Waals surface area contributed by atoms with Crippen LogP contribution in [0.5, 0.6) is 0 Å². The molecule has 0 spiro atoms. The van der Waals surface area contributed by atoms with Crippen LogP contribution in [0.1, 0.15) is 19.2 Å². The lowest BCUT2D eigenvalue weighted by molar-refractivity contribution is 0.423. The van der Waals surface area contributed by atoms with E-state index in [0.29, 0.717) is 12.5 Å². The summed E-state index contributed by atoms with van der Waals surface area (Å²) in [5, 5.41) is 14.6. The van der Waals surface area contributed by atoms with Gasteiger partial charge in [0.25, 0.3) is 0 Å². The van der Waals surface area contributed by atoms with Gasteiger partial charge in [0.1, 0.15) is 12.1 Å². The molecule has 2 atom stereocenters. The standard InChI is InChI=1S/C16H24N8O2S/c1-2-6-23-11-20-22-15(23)8-19-16-18-4-3-14(21-16)24-7-5-17-12-9-27(25,26)10-13(12)24/h3-4,11-13,17H,2,5-10H2,1H3,(H,18,19,21)/t12-,13+/m1/s1. The van der Waals surface area contributed by atoms with E-state index in [2.05, 4.69) is 42.6 Å². The summed E-state index contributed by atoms with van der Waals surface area (Å²) in [6.45, 7) is 4.91. The highest BCUT2D eigenvalue weighted by atomic mass is 32.2. The van der Waals surface area contributed by atoms with Crippen LogP contribution in [0.25, 0.3) is 0 Å². The summed E-state index contributed by atoms with van der Waals surface area (Å²) in [4.78, 5) is 11.0. The van der Waals surface area contributed by atoms with Gasteiger partial charge in [-0.1, -0.05) is 6.92 Å². The molecule has 10 nitrogen and oxygen atoms in total. The average molecular weight is 392 g/mol. The quantitative estimate of drug-likeness (QED) is 0.681. The number of sulfone groups is 1. The molecule has 2 aromatic heterocycles. The number of nitrogens with one attached hydrogen (secondary N) is 2.